The molecule has 0 spiro atoms. The minimum absolute atomic E-state index is 0.199. The number of thioether (sulfide) groups is 1. The average molecular weight is 341 g/mol. The van der Waals surface area contributed by atoms with Crippen LogP contribution in [0.5, 0.6) is 5.88 Å². The summed E-state index contributed by atoms with van der Waals surface area (Å²) in [5, 5.41) is 3.33. The molecule has 1 aromatic heterocycles. The molecule has 1 unspecified atom stereocenters. The highest BCUT2D eigenvalue weighted by Crippen LogP contribution is 2.27. The average Bonchev–Trinajstić information content (AvgIpc) is 2.58. The number of nitrogens with zero attached hydrogens (tertiary/aromatic N) is 4. The molecule has 2 rings (SSSR count). The first kappa shape index (κ1) is 18.3. The molecule has 1 aliphatic rings. The molecule has 1 saturated heterocycles. The lowest BCUT2D eigenvalue weighted by Gasteiger charge is -2.39. The van der Waals surface area contributed by atoms with Crippen LogP contribution in [0.2, 0.25) is 0 Å². The zero-order valence-electron chi connectivity index (χ0n) is 14.4. The summed E-state index contributed by atoms with van der Waals surface area (Å²) in [4.78, 5) is 14.6. The molecule has 1 aliphatic heterocycles. The summed E-state index contributed by atoms with van der Waals surface area (Å²) in [5.74, 6) is 1.35. The smallest absolute Gasteiger partial charge is 0.232 e. The quantitative estimate of drug-likeness (QED) is 0.553. The number of hydrogen-bond donors (Lipinski definition) is 1. The zero-order valence-corrected chi connectivity index (χ0v) is 15.2. The Morgan fingerprint density at radius 1 is 1.39 bits per heavy atom. The van der Waals surface area contributed by atoms with Gasteiger partial charge >= 0.3 is 0 Å². The van der Waals surface area contributed by atoms with Gasteiger partial charge in [-0.15, -0.1) is 11.8 Å². The largest absolute Gasteiger partial charge is 0.474 e. The van der Waals surface area contributed by atoms with E-state index in [4.69, 9.17) is 9.47 Å². The second-order valence-corrected chi connectivity index (χ2v) is 6.20. The van der Waals surface area contributed by atoms with Crippen LogP contribution in [0.1, 0.15) is 6.92 Å². The summed E-state index contributed by atoms with van der Waals surface area (Å²) in [6.45, 7) is 6.55. The van der Waals surface area contributed by atoms with Crippen LogP contribution in [0, 0.1) is 0 Å². The van der Waals surface area contributed by atoms with Gasteiger partial charge in [0, 0.05) is 32.4 Å². The van der Waals surface area contributed by atoms with Crippen molar-refractivity contribution >= 4 is 17.7 Å². The van der Waals surface area contributed by atoms with E-state index >= 15 is 0 Å². The molecule has 130 valence electrons. The Bertz CT molecular complexity index is 491. The highest BCUT2D eigenvalue weighted by Gasteiger charge is 2.26. The van der Waals surface area contributed by atoms with Gasteiger partial charge in [-0.1, -0.05) is 0 Å². The standard InChI is InChI=1S/C15H27N5O2S/c1-5-21-8-9-22-14-12(23-4)10-17-15(18-14)20-7-6-19(3)11-13(20)16-2/h10,13,16H,5-9,11H2,1-4H3. The number of aromatic nitrogens is 2. The SMILES string of the molecule is CCOCCOc1nc(N2CCN(C)CC2NC)ncc1SC. The van der Waals surface area contributed by atoms with Crippen molar-refractivity contribution in [2.24, 2.45) is 0 Å². The molecule has 0 bridgehead atoms. The predicted molar refractivity (Wildman–Crippen MR) is 93.5 cm³/mol. The van der Waals surface area contributed by atoms with E-state index in [1.165, 1.54) is 0 Å². The molecule has 1 fully saturated rings. The summed E-state index contributed by atoms with van der Waals surface area (Å²) in [7, 11) is 4.09. The van der Waals surface area contributed by atoms with E-state index in [0.29, 0.717) is 31.6 Å². The number of anilines is 1. The highest BCUT2D eigenvalue weighted by molar-refractivity contribution is 7.98. The van der Waals surface area contributed by atoms with Gasteiger partial charge in [-0.2, -0.15) is 4.98 Å². The van der Waals surface area contributed by atoms with Crippen molar-refractivity contribution in [1.29, 1.82) is 0 Å². The van der Waals surface area contributed by atoms with Crippen LogP contribution in [0.25, 0.3) is 0 Å². The van der Waals surface area contributed by atoms with Crippen molar-refractivity contribution < 1.29 is 9.47 Å². The normalized spacial score (nSPS) is 19.1. The Morgan fingerprint density at radius 3 is 2.91 bits per heavy atom. The van der Waals surface area contributed by atoms with Crippen molar-refractivity contribution in [3.05, 3.63) is 6.20 Å². The monoisotopic (exact) mass is 341 g/mol. The van der Waals surface area contributed by atoms with Crippen molar-refractivity contribution in [1.82, 2.24) is 20.2 Å². The van der Waals surface area contributed by atoms with Gasteiger partial charge in [0.2, 0.25) is 11.8 Å². The topological polar surface area (TPSA) is 62.8 Å². The molecular formula is C15H27N5O2S. The summed E-state index contributed by atoms with van der Waals surface area (Å²) in [6, 6.07) is 0. The summed E-state index contributed by atoms with van der Waals surface area (Å²) in [6.07, 6.45) is 4.04. The summed E-state index contributed by atoms with van der Waals surface area (Å²) in [5.41, 5.74) is 0. The third-order valence-electron chi connectivity index (χ3n) is 3.77. The lowest BCUT2D eigenvalue weighted by Crippen LogP contribution is -2.58. The van der Waals surface area contributed by atoms with Gasteiger partial charge in [0.25, 0.3) is 0 Å². The van der Waals surface area contributed by atoms with Crippen LogP contribution in [-0.2, 0) is 4.74 Å². The van der Waals surface area contributed by atoms with Gasteiger partial charge in [0.05, 0.1) is 17.7 Å². The van der Waals surface area contributed by atoms with Gasteiger partial charge in [0.15, 0.2) is 0 Å². The van der Waals surface area contributed by atoms with Crippen molar-refractivity contribution in [2.45, 2.75) is 18.0 Å². The molecule has 8 heteroatoms. The fourth-order valence-corrected chi connectivity index (χ4v) is 2.91. The van der Waals surface area contributed by atoms with Gasteiger partial charge < -0.3 is 19.3 Å². The number of nitrogens with one attached hydrogen (secondary N) is 1. The first-order chi connectivity index (χ1) is 11.2. The molecule has 0 aromatic carbocycles. The molecule has 0 amide bonds. The lowest BCUT2D eigenvalue weighted by atomic mass is 10.3. The van der Waals surface area contributed by atoms with E-state index in [2.05, 4.69) is 32.1 Å². The van der Waals surface area contributed by atoms with Crippen LogP contribution < -0.4 is 15.0 Å². The molecule has 0 radical (unpaired) electrons. The van der Waals surface area contributed by atoms with Gasteiger partial charge in [-0.25, -0.2) is 4.98 Å². The van der Waals surface area contributed by atoms with Crippen LogP contribution in [0.3, 0.4) is 0 Å². The summed E-state index contributed by atoms with van der Waals surface area (Å²) >= 11 is 1.59. The Hall–Kier alpha value is -1.09. The zero-order chi connectivity index (χ0) is 16.7. The minimum Gasteiger partial charge on any atom is -0.474 e. The molecular weight excluding hydrogens is 314 g/mol. The summed E-state index contributed by atoms with van der Waals surface area (Å²) < 4.78 is 11.1. The first-order valence-electron chi connectivity index (χ1n) is 7.93. The fraction of sp³-hybridized carbons (Fsp3) is 0.733. The highest BCUT2D eigenvalue weighted by atomic mass is 32.2. The Balaban J connectivity index is 2.12. The van der Waals surface area contributed by atoms with Crippen molar-refractivity contribution in [2.75, 3.05) is 64.7 Å². The second-order valence-electron chi connectivity index (χ2n) is 5.35. The molecule has 0 saturated carbocycles. The maximum atomic E-state index is 5.80. The number of likely N-dealkylation sites (N-methyl/N-ethyl adjacent to an activating group) is 2. The van der Waals surface area contributed by atoms with E-state index in [-0.39, 0.29) is 6.17 Å². The number of hydrogen-bond acceptors (Lipinski definition) is 8. The molecule has 7 nitrogen and oxygen atoms in total. The Labute approximate surface area is 142 Å². The maximum absolute atomic E-state index is 5.80. The van der Waals surface area contributed by atoms with Gasteiger partial charge in [0.1, 0.15) is 6.61 Å². The lowest BCUT2D eigenvalue weighted by molar-refractivity contribution is 0.107. The van der Waals surface area contributed by atoms with Crippen LogP contribution in [0.15, 0.2) is 11.1 Å². The molecule has 0 aliphatic carbocycles. The van der Waals surface area contributed by atoms with Crippen LogP contribution in [0.4, 0.5) is 5.95 Å². The van der Waals surface area contributed by atoms with Crippen molar-refractivity contribution in [3.8, 4) is 5.88 Å². The number of ether oxygens (including phenoxy) is 2. The molecule has 1 N–H and O–H groups in total. The van der Waals surface area contributed by atoms with Gasteiger partial charge in [-0.3, -0.25) is 5.32 Å². The molecule has 1 atom stereocenters. The number of rotatable bonds is 8. The minimum atomic E-state index is 0.199. The van der Waals surface area contributed by atoms with E-state index in [1.807, 2.05) is 26.4 Å². The maximum Gasteiger partial charge on any atom is 0.232 e. The molecule has 23 heavy (non-hydrogen) atoms. The Morgan fingerprint density at radius 2 is 2.22 bits per heavy atom. The third-order valence-corrected chi connectivity index (χ3v) is 4.49. The molecule has 1 aromatic rings. The second kappa shape index (κ2) is 9.27. The van der Waals surface area contributed by atoms with E-state index in [9.17, 15) is 0 Å². The first-order valence-corrected chi connectivity index (χ1v) is 9.16. The predicted octanol–water partition coefficient (Wildman–Crippen LogP) is 0.911. The Kier molecular flexibility index (Phi) is 7.35. The molecule has 2 heterocycles. The van der Waals surface area contributed by atoms with Gasteiger partial charge in [-0.05, 0) is 27.3 Å². The van der Waals surface area contributed by atoms with Crippen molar-refractivity contribution in [3.63, 3.8) is 0 Å². The van der Waals surface area contributed by atoms with Crippen LogP contribution in [-0.4, -0.2) is 80.8 Å². The van der Waals surface area contributed by atoms with E-state index in [0.717, 1.165) is 24.5 Å². The fourth-order valence-electron chi connectivity index (χ4n) is 2.48. The third kappa shape index (κ3) is 4.94. The van der Waals surface area contributed by atoms with E-state index in [1.54, 1.807) is 11.8 Å². The number of piperazine rings is 1. The van der Waals surface area contributed by atoms with Crippen LogP contribution >= 0.6 is 11.8 Å². The van der Waals surface area contributed by atoms with E-state index < -0.39 is 0 Å².